The van der Waals surface area contributed by atoms with E-state index in [2.05, 4.69) is 10.2 Å². The van der Waals surface area contributed by atoms with Crippen molar-refractivity contribution >= 4 is 28.8 Å². The fourth-order valence-electron chi connectivity index (χ4n) is 2.32. The summed E-state index contributed by atoms with van der Waals surface area (Å²) in [5, 5.41) is 3.01. The van der Waals surface area contributed by atoms with Gasteiger partial charge in [-0.2, -0.15) is 0 Å². The first-order valence-electron chi connectivity index (χ1n) is 6.39. The van der Waals surface area contributed by atoms with Gasteiger partial charge in [0.15, 0.2) is 0 Å². The second-order valence-electron chi connectivity index (χ2n) is 4.77. The topological polar surface area (TPSA) is 32.3 Å². The predicted octanol–water partition coefficient (Wildman–Crippen LogP) is 2.89. The number of likely N-dealkylation sites (N-methyl/N-ethyl adjacent to an activating group) is 1. The molecular formula is C13H19ClN2OS. The van der Waals surface area contributed by atoms with E-state index >= 15 is 0 Å². The number of nitrogens with one attached hydrogen (secondary N) is 1. The lowest BCUT2D eigenvalue weighted by Crippen LogP contribution is -2.44. The summed E-state index contributed by atoms with van der Waals surface area (Å²) in [5.41, 5.74) is 0. The number of rotatable bonds is 3. The molecule has 1 aromatic rings. The van der Waals surface area contributed by atoms with Crippen LogP contribution in [0, 0.1) is 0 Å². The van der Waals surface area contributed by atoms with Gasteiger partial charge in [0, 0.05) is 4.88 Å². The van der Waals surface area contributed by atoms with Gasteiger partial charge >= 0.3 is 0 Å². The number of carbonyl (C=O) groups is 1. The summed E-state index contributed by atoms with van der Waals surface area (Å²) in [6, 6.07) is 3.86. The zero-order valence-corrected chi connectivity index (χ0v) is 12.2. The Morgan fingerprint density at radius 2 is 2.33 bits per heavy atom. The van der Waals surface area contributed by atoms with E-state index in [9.17, 15) is 4.79 Å². The molecule has 0 bridgehead atoms. The fourth-order valence-corrected chi connectivity index (χ4v) is 3.35. The maximum absolute atomic E-state index is 12.2. The number of thiophene rings is 1. The number of nitrogens with zero attached hydrogens (tertiary/aromatic N) is 1. The van der Waals surface area contributed by atoms with Crippen LogP contribution in [0.15, 0.2) is 12.1 Å². The van der Waals surface area contributed by atoms with E-state index in [-0.39, 0.29) is 11.9 Å². The Balaban J connectivity index is 1.86. The second-order valence-corrected chi connectivity index (χ2v) is 6.57. The van der Waals surface area contributed by atoms with Gasteiger partial charge in [0.1, 0.15) is 0 Å². The molecule has 1 atom stereocenters. The quantitative estimate of drug-likeness (QED) is 0.927. The predicted molar refractivity (Wildman–Crippen MR) is 76.1 cm³/mol. The van der Waals surface area contributed by atoms with Crippen molar-refractivity contribution in [3.63, 3.8) is 0 Å². The number of halogens is 1. The van der Waals surface area contributed by atoms with Crippen LogP contribution >= 0.6 is 22.9 Å². The molecule has 18 heavy (non-hydrogen) atoms. The van der Waals surface area contributed by atoms with Crippen molar-refractivity contribution in [2.24, 2.45) is 0 Å². The highest BCUT2D eigenvalue weighted by Crippen LogP contribution is 2.21. The van der Waals surface area contributed by atoms with E-state index in [1.54, 1.807) is 0 Å². The maximum Gasteiger partial charge on any atom is 0.237 e. The summed E-state index contributed by atoms with van der Waals surface area (Å²) < 4.78 is 0.769. The van der Waals surface area contributed by atoms with Crippen LogP contribution in [0.3, 0.4) is 0 Å². The average molecular weight is 287 g/mol. The fraction of sp³-hybridized carbons (Fsp3) is 0.615. The van der Waals surface area contributed by atoms with Gasteiger partial charge in [-0.1, -0.05) is 24.4 Å². The summed E-state index contributed by atoms with van der Waals surface area (Å²) in [7, 11) is 2.04. The first kappa shape index (κ1) is 13.8. The van der Waals surface area contributed by atoms with Crippen LogP contribution in [0.1, 0.15) is 30.6 Å². The summed E-state index contributed by atoms with van der Waals surface area (Å²) in [5.74, 6) is 0.143. The summed E-state index contributed by atoms with van der Waals surface area (Å²) >= 11 is 7.39. The molecule has 5 heteroatoms. The van der Waals surface area contributed by atoms with Crippen molar-refractivity contribution in [2.75, 3.05) is 13.6 Å². The van der Waals surface area contributed by atoms with Crippen molar-refractivity contribution in [2.45, 2.75) is 38.3 Å². The molecule has 1 saturated heterocycles. The molecule has 0 spiro atoms. The van der Waals surface area contributed by atoms with E-state index in [1.165, 1.54) is 24.2 Å². The Kier molecular flexibility index (Phi) is 5.03. The van der Waals surface area contributed by atoms with Crippen LogP contribution in [0.2, 0.25) is 4.34 Å². The van der Waals surface area contributed by atoms with Gasteiger partial charge in [-0.25, -0.2) is 0 Å². The Hall–Kier alpha value is -0.580. The van der Waals surface area contributed by atoms with Crippen LogP contribution in [-0.2, 0) is 11.3 Å². The lowest BCUT2D eigenvalue weighted by Gasteiger charge is -2.24. The van der Waals surface area contributed by atoms with Crippen molar-refractivity contribution < 1.29 is 4.79 Å². The first-order chi connectivity index (χ1) is 8.66. The van der Waals surface area contributed by atoms with Gasteiger partial charge in [-0.3, -0.25) is 9.69 Å². The number of hydrogen-bond donors (Lipinski definition) is 1. The molecule has 0 aromatic carbocycles. The van der Waals surface area contributed by atoms with E-state index in [0.717, 1.165) is 28.6 Å². The highest BCUT2D eigenvalue weighted by Gasteiger charge is 2.24. The number of carbonyl (C=O) groups excluding carboxylic acids is 1. The normalized spacial score (nSPS) is 21.6. The highest BCUT2D eigenvalue weighted by molar-refractivity contribution is 7.16. The molecule has 1 aliphatic rings. The van der Waals surface area contributed by atoms with Crippen molar-refractivity contribution in [1.82, 2.24) is 10.2 Å². The van der Waals surface area contributed by atoms with Gasteiger partial charge < -0.3 is 5.32 Å². The van der Waals surface area contributed by atoms with E-state index in [0.29, 0.717) is 6.54 Å². The molecular weight excluding hydrogens is 268 g/mol. The molecule has 100 valence electrons. The van der Waals surface area contributed by atoms with Crippen LogP contribution in [0.25, 0.3) is 0 Å². The molecule has 0 aliphatic carbocycles. The Labute approximate surface area is 117 Å². The summed E-state index contributed by atoms with van der Waals surface area (Å²) in [6.07, 6.45) is 4.54. The number of hydrogen-bond acceptors (Lipinski definition) is 3. The zero-order valence-electron chi connectivity index (χ0n) is 10.6. The average Bonchev–Trinajstić information content (AvgIpc) is 2.64. The minimum Gasteiger partial charge on any atom is -0.350 e. The van der Waals surface area contributed by atoms with Gasteiger partial charge in [0.2, 0.25) is 5.91 Å². The highest BCUT2D eigenvalue weighted by atomic mass is 35.5. The third-order valence-corrected chi connectivity index (χ3v) is 4.62. The third kappa shape index (κ3) is 3.70. The minimum atomic E-state index is 0.0305. The molecule has 1 fully saturated rings. The largest absolute Gasteiger partial charge is 0.350 e. The number of likely N-dealkylation sites (tertiary alicyclic amines) is 1. The molecule has 2 rings (SSSR count). The van der Waals surface area contributed by atoms with Crippen LogP contribution in [0.4, 0.5) is 0 Å². The van der Waals surface area contributed by atoms with Gasteiger partial charge in [-0.05, 0) is 38.6 Å². The van der Waals surface area contributed by atoms with Crippen LogP contribution in [-0.4, -0.2) is 30.4 Å². The number of amides is 1. The molecule has 1 aromatic heterocycles. The molecule has 2 heterocycles. The van der Waals surface area contributed by atoms with Gasteiger partial charge in [0.25, 0.3) is 0 Å². The SMILES string of the molecule is CN1CCCCC[C@@H]1C(=O)NCc1ccc(Cl)s1. The van der Waals surface area contributed by atoms with E-state index in [1.807, 2.05) is 19.2 Å². The van der Waals surface area contributed by atoms with Crippen LogP contribution < -0.4 is 5.32 Å². The third-order valence-electron chi connectivity index (χ3n) is 3.39. The van der Waals surface area contributed by atoms with Crippen molar-refractivity contribution in [3.05, 3.63) is 21.3 Å². The van der Waals surface area contributed by atoms with Crippen LogP contribution in [0.5, 0.6) is 0 Å². The Morgan fingerprint density at radius 1 is 1.50 bits per heavy atom. The van der Waals surface area contributed by atoms with E-state index < -0.39 is 0 Å². The zero-order chi connectivity index (χ0) is 13.0. The molecule has 0 unspecified atom stereocenters. The maximum atomic E-state index is 12.2. The molecule has 1 aliphatic heterocycles. The van der Waals surface area contributed by atoms with Gasteiger partial charge in [-0.15, -0.1) is 11.3 Å². The molecule has 1 N–H and O–H groups in total. The standard InChI is InChI=1S/C13H19ClN2OS/c1-16-8-4-2-3-5-11(16)13(17)15-9-10-6-7-12(14)18-10/h6-7,11H,2-5,8-9H2,1H3,(H,15,17)/t11-/m1/s1. The molecule has 0 radical (unpaired) electrons. The minimum absolute atomic E-state index is 0.0305. The monoisotopic (exact) mass is 286 g/mol. The molecule has 1 amide bonds. The summed E-state index contributed by atoms with van der Waals surface area (Å²) in [4.78, 5) is 15.4. The Bertz CT molecular complexity index is 407. The van der Waals surface area contributed by atoms with Crippen molar-refractivity contribution in [1.29, 1.82) is 0 Å². The first-order valence-corrected chi connectivity index (χ1v) is 7.58. The molecule has 3 nitrogen and oxygen atoms in total. The lowest BCUT2D eigenvalue weighted by atomic mass is 10.1. The van der Waals surface area contributed by atoms with Crippen molar-refractivity contribution in [3.8, 4) is 0 Å². The second kappa shape index (κ2) is 6.55. The van der Waals surface area contributed by atoms with Gasteiger partial charge in [0.05, 0.1) is 16.9 Å². The smallest absolute Gasteiger partial charge is 0.237 e. The Morgan fingerprint density at radius 3 is 3.06 bits per heavy atom. The molecule has 0 saturated carbocycles. The van der Waals surface area contributed by atoms with E-state index in [4.69, 9.17) is 11.6 Å². The lowest BCUT2D eigenvalue weighted by molar-refractivity contribution is -0.126. The summed E-state index contributed by atoms with van der Waals surface area (Å²) in [6.45, 7) is 1.60.